The molecule has 3 aliphatic rings. The fourth-order valence-electron chi connectivity index (χ4n) is 5.14. The van der Waals surface area contributed by atoms with Crippen molar-refractivity contribution in [1.82, 2.24) is 9.80 Å². The van der Waals surface area contributed by atoms with Gasteiger partial charge in [-0.2, -0.15) is 0 Å². The molecule has 162 valence electrons. The van der Waals surface area contributed by atoms with Crippen LogP contribution in [0.4, 0.5) is 0 Å². The summed E-state index contributed by atoms with van der Waals surface area (Å²) in [5.74, 6) is 2.10. The van der Waals surface area contributed by atoms with Gasteiger partial charge in [-0.05, 0) is 48.9 Å². The lowest BCUT2D eigenvalue weighted by Gasteiger charge is -2.47. The summed E-state index contributed by atoms with van der Waals surface area (Å²) in [6.45, 7) is 5.01. The van der Waals surface area contributed by atoms with Crippen LogP contribution in [0.1, 0.15) is 35.2 Å². The van der Waals surface area contributed by atoms with Gasteiger partial charge in [0.2, 0.25) is 0 Å². The summed E-state index contributed by atoms with van der Waals surface area (Å²) in [6.07, 6.45) is 7.78. The second kappa shape index (κ2) is 9.15. The molecule has 0 unspecified atom stereocenters. The van der Waals surface area contributed by atoms with Gasteiger partial charge in [0.15, 0.2) is 11.5 Å². The standard InChI is InChI=1S/C26H30N2O3/c29-26(21-10-11-24-25(18-21)31-17-16-30-24)28-14-5-9-22-19-27(15-12-23(22)28)13-4-8-20-6-2-1-3-7-20/h1-4,6-8,10-11,18,22-23H,5,9,12-17,19H2/b8-4+/t22-,23-/m1/s1. The zero-order valence-electron chi connectivity index (χ0n) is 17.9. The molecule has 0 aromatic heterocycles. The molecule has 0 N–H and O–H groups in total. The van der Waals surface area contributed by atoms with E-state index < -0.39 is 0 Å². The van der Waals surface area contributed by atoms with E-state index in [2.05, 4.69) is 46.2 Å². The normalized spacial score (nSPS) is 23.5. The van der Waals surface area contributed by atoms with Crippen molar-refractivity contribution in [3.8, 4) is 11.5 Å². The minimum Gasteiger partial charge on any atom is -0.486 e. The Bertz CT molecular complexity index is 943. The van der Waals surface area contributed by atoms with Gasteiger partial charge in [-0.25, -0.2) is 0 Å². The minimum absolute atomic E-state index is 0.129. The smallest absolute Gasteiger partial charge is 0.254 e. The number of piperidine rings is 2. The number of carbonyl (C=O) groups excluding carboxylic acids is 1. The topological polar surface area (TPSA) is 42.0 Å². The van der Waals surface area contributed by atoms with Crippen molar-refractivity contribution in [2.45, 2.75) is 25.3 Å². The van der Waals surface area contributed by atoms with Gasteiger partial charge in [0.1, 0.15) is 13.2 Å². The maximum atomic E-state index is 13.4. The highest BCUT2D eigenvalue weighted by Gasteiger charge is 2.38. The van der Waals surface area contributed by atoms with Crippen LogP contribution in [-0.4, -0.2) is 61.1 Å². The predicted molar refractivity (Wildman–Crippen MR) is 122 cm³/mol. The van der Waals surface area contributed by atoms with Gasteiger partial charge in [0.05, 0.1) is 0 Å². The molecule has 1 amide bonds. The van der Waals surface area contributed by atoms with E-state index >= 15 is 0 Å². The van der Waals surface area contributed by atoms with Crippen LogP contribution >= 0.6 is 0 Å². The summed E-state index contributed by atoms with van der Waals surface area (Å²) in [5.41, 5.74) is 1.95. The summed E-state index contributed by atoms with van der Waals surface area (Å²) in [6, 6.07) is 16.4. The molecule has 5 rings (SSSR count). The molecule has 2 aromatic rings. The Kier molecular flexibility index (Phi) is 5.94. The van der Waals surface area contributed by atoms with Crippen LogP contribution in [0.3, 0.4) is 0 Å². The summed E-state index contributed by atoms with van der Waals surface area (Å²) in [7, 11) is 0. The summed E-state index contributed by atoms with van der Waals surface area (Å²) in [5, 5.41) is 0. The fourth-order valence-corrected chi connectivity index (χ4v) is 5.14. The summed E-state index contributed by atoms with van der Waals surface area (Å²) in [4.78, 5) is 18.0. The third-order valence-corrected chi connectivity index (χ3v) is 6.68. The van der Waals surface area contributed by atoms with Crippen molar-refractivity contribution >= 4 is 12.0 Å². The number of benzene rings is 2. The molecule has 5 nitrogen and oxygen atoms in total. The van der Waals surface area contributed by atoms with Crippen LogP contribution in [-0.2, 0) is 0 Å². The highest BCUT2D eigenvalue weighted by molar-refractivity contribution is 5.95. The largest absolute Gasteiger partial charge is 0.486 e. The van der Waals surface area contributed by atoms with Crippen LogP contribution in [0.15, 0.2) is 54.6 Å². The number of fused-ring (bicyclic) bond motifs is 2. The highest BCUT2D eigenvalue weighted by atomic mass is 16.6. The first-order valence-corrected chi connectivity index (χ1v) is 11.4. The second-order valence-electron chi connectivity index (χ2n) is 8.69. The average molecular weight is 419 g/mol. The van der Waals surface area contributed by atoms with Crippen LogP contribution < -0.4 is 9.47 Å². The maximum absolute atomic E-state index is 13.4. The van der Waals surface area contributed by atoms with Crippen LogP contribution in [0.25, 0.3) is 6.08 Å². The Morgan fingerprint density at radius 2 is 1.84 bits per heavy atom. The molecule has 3 aliphatic heterocycles. The molecule has 0 bridgehead atoms. The van der Waals surface area contributed by atoms with Crippen LogP contribution in [0.5, 0.6) is 11.5 Å². The zero-order valence-corrected chi connectivity index (χ0v) is 17.9. The first-order chi connectivity index (χ1) is 15.3. The van der Waals surface area contributed by atoms with Gasteiger partial charge < -0.3 is 14.4 Å². The minimum atomic E-state index is 0.129. The van der Waals surface area contributed by atoms with Gasteiger partial charge in [-0.15, -0.1) is 0 Å². The van der Waals surface area contributed by atoms with Gasteiger partial charge in [0.25, 0.3) is 5.91 Å². The fraction of sp³-hybridized carbons (Fsp3) is 0.423. The van der Waals surface area contributed by atoms with Crippen molar-refractivity contribution in [1.29, 1.82) is 0 Å². The van der Waals surface area contributed by atoms with Gasteiger partial charge >= 0.3 is 0 Å². The second-order valence-corrected chi connectivity index (χ2v) is 8.69. The molecular formula is C26H30N2O3. The number of ether oxygens (including phenoxy) is 2. The van der Waals surface area contributed by atoms with Crippen molar-refractivity contribution < 1.29 is 14.3 Å². The summed E-state index contributed by atoms with van der Waals surface area (Å²) < 4.78 is 11.3. The molecule has 0 aliphatic carbocycles. The van der Waals surface area contributed by atoms with Gasteiger partial charge in [-0.3, -0.25) is 9.69 Å². The van der Waals surface area contributed by atoms with Crippen molar-refractivity contribution in [2.75, 3.05) is 39.4 Å². The molecule has 3 heterocycles. The molecule has 0 spiro atoms. The van der Waals surface area contributed by atoms with Gasteiger partial charge in [-0.1, -0.05) is 42.5 Å². The molecule has 2 fully saturated rings. The lowest BCUT2D eigenvalue weighted by atomic mass is 9.83. The van der Waals surface area contributed by atoms with E-state index in [9.17, 15) is 4.79 Å². The third kappa shape index (κ3) is 4.47. The molecular weight excluding hydrogens is 388 g/mol. The van der Waals surface area contributed by atoms with Crippen molar-refractivity contribution in [3.05, 3.63) is 65.7 Å². The highest BCUT2D eigenvalue weighted by Crippen LogP contribution is 2.34. The number of likely N-dealkylation sites (tertiary alicyclic amines) is 2. The Balaban J connectivity index is 1.22. The van der Waals surface area contributed by atoms with Crippen LogP contribution in [0.2, 0.25) is 0 Å². The molecule has 0 saturated carbocycles. The quantitative estimate of drug-likeness (QED) is 0.750. The number of carbonyl (C=O) groups is 1. The molecule has 31 heavy (non-hydrogen) atoms. The first kappa shape index (κ1) is 20.1. The SMILES string of the molecule is O=C(c1ccc2c(c1)OCCO2)N1CCC[C@@H]2CN(C/C=C/c3ccccc3)CC[C@H]21. The number of rotatable bonds is 4. The van der Waals surface area contributed by atoms with Gasteiger partial charge in [0, 0.05) is 37.8 Å². The predicted octanol–water partition coefficient (Wildman–Crippen LogP) is 4.10. The molecule has 0 radical (unpaired) electrons. The van der Waals surface area contributed by atoms with Crippen molar-refractivity contribution in [3.63, 3.8) is 0 Å². The zero-order chi connectivity index (χ0) is 21.0. The molecule has 5 heteroatoms. The van der Waals surface area contributed by atoms with E-state index in [1.165, 1.54) is 12.0 Å². The van der Waals surface area contributed by atoms with Crippen LogP contribution in [0, 0.1) is 5.92 Å². The number of nitrogens with zero attached hydrogens (tertiary/aromatic N) is 2. The number of hydrogen-bond donors (Lipinski definition) is 0. The number of hydrogen-bond acceptors (Lipinski definition) is 4. The first-order valence-electron chi connectivity index (χ1n) is 11.4. The number of amides is 1. The monoisotopic (exact) mass is 418 g/mol. The van der Waals surface area contributed by atoms with E-state index in [4.69, 9.17) is 9.47 Å². The van der Waals surface area contributed by atoms with E-state index in [-0.39, 0.29) is 5.91 Å². The van der Waals surface area contributed by atoms with E-state index in [0.717, 1.165) is 44.8 Å². The third-order valence-electron chi connectivity index (χ3n) is 6.68. The van der Waals surface area contributed by atoms with E-state index in [0.29, 0.717) is 36.5 Å². The molecule has 2 aromatic carbocycles. The summed E-state index contributed by atoms with van der Waals surface area (Å²) >= 11 is 0. The van der Waals surface area contributed by atoms with E-state index in [1.54, 1.807) is 0 Å². The average Bonchev–Trinajstić information content (AvgIpc) is 2.83. The Morgan fingerprint density at radius 1 is 1.00 bits per heavy atom. The molecule has 2 atom stereocenters. The van der Waals surface area contributed by atoms with Crippen molar-refractivity contribution in [2.24, 2.45) is 5.92 Å². The maximum Gasteiger partial charge on any atom is 0.254 e. The Hall–Kier alpha value is -2.79. The Morgan fingerprint density at radius 3 is 2.71 bits per heavy atom. The lowest BCUT2D eigenvalue weighted by molar-refractivity contribution is 0.0226. The van der Waals surface area contributed by atoms with E-state index in [1.807, 2.05) is 24.3 Å². The Labute approximate surface area is 184 Å². The lowest BCUT2D eigenvalue weighted by Crippen LogP contribution is -2.55. The molecule has 2 saturated heterocycles.